The maximum atomic E-state index is 13.1. The van der Waals surface area contributed by atoms with E-state index in [4.69, 9.17) is 5.73 Å². The summed E-state index contributed by atoms with van der Waals surface area (Å²) in [7, 11) is -3.84. The Morgan fingerprint density at radius 2 is 2.18 bits per heavy atom. The number of nitrogens with zero attached hydrogens (tertiary/aromatic N) is 2. The first-order valence-corrected chi connectivity index (χ1v) is 6.60. The zero-order valence-corrected chi connectivity index (χ0v) is 9.93. The standard InChI is InChI=1S/C8H7FN4O2S2/c9-6-3-5(1-2-7(6)10)17(14,15)12-8-4-11-13-16-8/h1-4,12H,10H2. The lowest BCUT2D eigenvalue weighted by Gasteiger charge is -2.05. The van der Waals surface area contributed by atoms with Crippen LogP contribution in [0.5, 0.6) is 0 Å². The molecule has 2 aromatic rings. The molecular weight excluding hydrogens is 267 g/mol. The molecule has 0 spiro atoms. The molecular formula is C8H7FN4O2S2. The molecule has 0 aliphatic rings. The highest BCUT2D eigenvalue weighted by Gasteiger charge is 2.16. The lowest BCUT2D eigenvalue weighted by Crippen LogP contribution is -2.12. The molecule has 0 bridgehead atoms. The van der Waals surface area contributed by atoms with E-state index in [1.54, 1.807) is 0 Å². The number of nitrogens with one attached hydrogen (secondary N) is 1. The van der Waals surface area contributed by atoms with Gasteiger partial charge >= 0.3 is 0 Å². The Hall–Kier alpha value is -1.74. The van der Waals surface area contributed by atoms with Gasteiger partial charge in [-0.2, -0.15) is 0 Å². The van der Waals surface area contributed by atoms with Crippen molar-refractivity contribution in [1.29, 1.82) is 0 Å². The monoisotopic (exact) mass is 274 g/mol. The minimum absolute atomic E-state index is 0.108. The molecule has 0 aliphatic carbocycles. The Morgan fingerprint density at radius 1 is 1.41 bits per heavy atom. The van der Waals surface area contributed by atoms with E-state index in [-0.39, 0.29) is 15.6 Å². The molecule has 9 heteroatoms. The van der Waals surface area contributed by atoms with E-state index >= 15 is 0 Å². The van der Waals surface area contributed by atoms with Crippen molar-refractivity contribution in [3.63, 3.8) is 0 Å². The number of benzene rings is 1. The highest BCUT2D eigenvalue weighted by molar-refractivity contribution is 7.93. The van der Waals surface area contributed by atoms with Gasteiger partial charge in [0.25, 0.3) is 10.0 Å². The predicted octanol–water partition coefficient (Wildman–Crippen LogP) is 1.06. The van der Waals surface area contributed by atoms with E-state index in [1.165, 1.54) is 18.3 Å². The number of sulfonamides is 1. The van der Waals surface area contributed by atoms with Gasteiger partial charge in [-0.3, -0.25) is 4.72 Å². The van der Waals surface area contributed by atoms with Gasteiger partial charge in [0.15, 0.2) is 0 Å². The van der Waals surface area contributed by atoms with Gasteiger partial charge < -0.3 is 5.73 Å². The molecule has 0 unspecified atom stereocenters. The van der Waals surface area contributed by atoms with Crippen LogP contribution in [-0.2, 0) is 10.0 Å². The molecule has 0 radical (unpaired) electrons. The van der Waals surface area contributed by atoms with Crippen LogP contribution in [0.15, 0.2) is 29.3 Å². The maximum absolute atomic E-state index is 13.1. The van der Waals surface area contributed by atoms with Crippen molar-refractivity contribution in [1.82, 2.24) is 9.59 Å². The summed E-state index contributed by atoms with van der Waals surface area (Å²) in [6.45, 7) is 0. The number of halogens is 1. The molecule has 17 heavy (non-hydrogen) atoms. The molecule has 0 aliphatic heterocycles. The van der Waals surface area contributed by atoms with Crippen molar-refractivity contribution in [3.05, 3.63) is 30.2 Å². The Labute approximate surface area is 100 Å². The van der Waals surface area contributed by atoms with Gasteiger partial charge in [0, 0.05) is 11.5 Å². The minimum Gasteiger partial charge on any atom is -0.396 e. The first-order chi connectivity index (χ1) is 7.99. The molecule has 6 nitrogen and oxygen atoms in total. The number of nitrogen functional groups attached to an aromatic ring is 1. The van der Waals surface area contributed by atoms with Crippen LogP contribution in [0.2, 0.25) is 0 Å². The zero-order valence-electron chi connectivity index (χ0n) is 8.29. The van der Waals surface area contributed by atoms with Crippen molar-refractivity contribution in [2.75, 3.05) is 10.5 Å². The molecule has 1 aromatic heterocycles. The molecule has 0 atom stereocenters. The fraction of sp³-hybridized carbons (Fsp3) is 0. The maximum Gasteiger partial charge on any atom is 0.262 e. The van der Waals surface area contributed by atoms with Crippen molar-refractivity contribution in [3.8, 4) is 0 Å². The molecule has 0 saturated carbocycles. The first kappa shape index (κ1) is 11.7. The van der Waals surface area contributed by atoms with Gasteiger partial charge in [-0.15, -0.1) is 5.10 Å². The van der Waals surface area contributed by atoms with E-state index in [1.807, 2.05) is 0 Å². The van der Waals surface area contributed by atoms with Gasteiger partial charge in [0.05, 0.1) is 16.8 Å². The fourth-order valence-corrected chi connectivity index (χ4v) is 2.77. The molecule has 0 saturated heterocycles. The summed E-state index contributed by atoms with van der Waals surface area (Å²) >= 11 is 0.882. The Balaban J connectivity index is 2.35. The molecule has 1 aromatic carbocycles. The summed E-state index contributed by atoms with van der Waals surface area (Å²) in [5.41, 5.74) is 5.15. The van der Waals surface area contributed by atoms with Gasteiger partial charge in [-0.1, -0.05) is 4.49 Å². The third-order valence-electron chi connectivity index (χ3n) is 1.88. The number of anilines is 2. The largest absolute Gasteiger partial charge is 0.396 e. The van der Waals surface area contributed by atoms with Gasteiger partial charge in [-0.05, 0) is 18.2 Å². The average Bonchev–Trinajstić information content (AvgIpc) is 2.73. The van der Waals surface area contributed by atoms with Gasteiger partial charge in [0.2, 0.25) is 0 Å². The lowest BCUT2D eigenvalue weighted by atomic mass is 10.3. The number of hydrogen-bond donors (Lipinski definition) is 2. The molecule has 1 heterocycles. The van der Waals surface area contributed by atoms with E-state index in [2.05, 4.69) is 14.3 Å². The number of hydrogen-bond acceptors (Lipinski definition) is 6. The van der Waals surface area contributed by atoms with Crippen LogP contribution < -0.4 is 10.5 Å². The summed E-state index contributed by atoms with van der Waals surface area (Å²) in [6, 6.07) is 3.26. The smallest absolute Gasteiger partial charge is 0.262 e. The molecule has 2 rings (SSSR count). The van der Waals surface area contributed by atoms with Crippen LogP contribution in [0, 0.1) is 5.82 Å². The van der Waals surface area contributed by atoms with E-state index in [0.29, 0.717) is 0 Å². The van der Waals surface area contributed by atoms with Crippen molar-refractivity contribution < 1.29 is 12.8 Å². The average molecular weight is 274 g/mol. The molecule has 3 N–H and O–H groups in total. The van der Waals surface area contributed by atoms with Gasteiger partial charge in [-0.25, -0.2) is 12.8 Å². The van der Waals surface area contributed by atoms with Gasteiger partial charge in [0.1, 0.15) is 10.8 Å². The van der Waals surface area contributed by atoms with E-state index < -0.39 is 15.8 Å². The minimum atomic E-state index is -3.84. The zero-order chi connectivity index (χ0) is 12.5. The quantitative estimate of drug-likeness (QED) is 0.815. The van der Waals surface area contributed by atoms with Crippen LogP contribution in [0.4, 0.5) is 15.1 Å². The number of nitrogens with two attached hydrogens (primary N) is 1. The van der Waals surface area contributed by atoms with Crippen LogP contribution in [0.3, 0.4) is 0 Å². The number of aromatic nitrogens is 2. The lowest BCUT2D eigenvalue weighted by molar-refractivity contribution is 0.596. The van der Waals surface area contributed by atoms with Crippen molar-refractivity contribution >= 4 is 32.2 Å². The molecule has 90 valence electrons. The second kappa shape index (κ2) is 4.26. The summed E-state index contributed by atoms with van der Waals surface area (Å²) < 4.78 is 42.5. The molecule has 0 fully saturated rings. The first-order valence-electron chi connectivity index (χ1n) is 4.34. The van der Waals surface area contributed by atoms with Crippen LogP contribution >= 0.6 is 11.5 Å². The normalized spacial score (nSPS) is 11.4. The highest BCUT2D eigenvalue weighted by atomic mass is 32.2. The molecule has 0 amide bonds. The third kappa shape index (κ3) is 2.50. The third-order valence-corrected chi connectivity index (χ3v) is 3.95. The Kier molecular flexibility index (Phi) is 2.94. The van der Waals surface area contributed by atoms with Crippen molar-refractivity contribution in [2.45, 2.75) is 4.90 Å². The van der Waals surface area contributed by atoms with Crippen LogP contribution in [0.25, 0.3) is 0 Å². The number of rotatable bonds is 3. The summed E-state index contributed by atoms with van der Waals surface area (Å²) in [5, 5.41) is 3.73. The van der Waals surface area contributed by atoms with E-state index in [9.17, 15) is 12.8 Å². The van der Waals surface area contributed by atoms with Crippen molar-refractivity contribution in [2.24, 2.45) is 0 Å². The second-order valence-electron chi connectivity index (χ2n) is 3.07. The Bertz CT molecular complexity index is 627. The fourth-order valence-electron chi connectivity index (χ4n) is 1.08. The van der Waals surface area contributed by atoms with E-state index in [0.717, 1.165) is 17.6 Å². The van der Waals surface area contributed by atoms with Crippen LogP contribution in [-0.4, -0.2) is 18.0 Å². The second-order valence-corrected chi connectivity index (χ2v) is 5.54. The summed E-state index contributed by atoms with van der Waals surface area (Å²) in [6.07, 6.45) is 1.26. The highest BCUT2D eigenvalue weighted by Crippen LogP contribution is 2.20. The summed E-state index contributed by atoms with van der Waals surface area (Å²) in [4.78, 5) is -0.211. The SMILES string of the molecule is Nc1ccc(S(=O)(=O)Nc2cnns2)cc1F. The predicted molar refractivity (Wildman–Crippen MR) is 61.5 cm³/mol. The van der Waals surface area contributed by atoms with Crippen LogP contribution in [0.1, 0.15) is 0 Å². The topological polar surface area (TPSA) is 98.0 Å². The Morgan fingerprint density at radius 3 is 2.76 bits per heavy atom. The summed E-state index contributed by atoms with van der Waals surface area (Å²) in [5.74, 6) is -0.782.